The van der Waals surface area contributed by atoms with Gasteiger partial charge in [-0.25, -0.2) is 18.2 Å². The van der Waals surface area contributed by atoms with Gasteiger partial charge in [0.2, 0.25) is 15.0 Å². The van der Waals surface area contributed by atoms with Gasteiger partial charge in [0.15, 0.2) is 5.69 Å². The number of imidazole rings is 1. The van der Waals surface area contributed by atoms with Gasteiger partial charge in [0.05, 0.1) is 5.52 Å². The van der Waals surface area contributed by atoms with Gasteiger partial charge < -0.3 is 10.0 Å². The van der Waals surface area contributed by atoms with Crippen molar-refractivity contribution < 1.29 is 23.1 Å². The standard InChI is InChI=1S/C15H17N3O5S/c1-24(22,23)15-16-12(10-6-2-5-9-18(10)15)13(19)17-8-4-3-7-11(17)14(20)21/h2,5-6,9,11H,3-4,7-8H2,1H3,(H,20,21). The van der Waals surface area contributed by atoms with Gasteiger partial charge in [0.25, 0.3) is 5.91 Å². The summed E-state index contributed by atoms with van der Waals surface area (Å²) < 4.78 is 25.2. The fourth-order valence-electron chi connectivity index (χ4n) is 3.00. The number of carboxylic acids is 1. The average Bonchev–Trinajstić information content (AvgIpc) is 2.94. The molecule has 1 saturated heterocycles. The van der Waals surface area contributed by atoms with E-state index in [2.05, 4.69) is 4.98 Å². The molecule has 0 aliphatic carbocycles. The zero-order valence-corrected chi connectivity index (χ0v) is 13.9. The fraction of sp³-hybridized carbons (Fsp3) is 0.400. The van der Waals surface area contributed by atoms with Crippen molar-refractivity contribution in [2.45, 2.75) is 30.5 Å². The SMILES string of the molecule is CS(=O)(=O)c1nc(C(=O)N2CCCCC2C(=O)O)c2ccccn12. The van der Waals surface area contributed by atoms with Crippen LogP contribution in [0.15, 0.2) is 29.6 Å². The maximum absolute atomic E-state index is 12.9. The van der Waals surface area contributed by atoms with Crippen LogP contribution in [0.2, 0.25) is 0 Å². The maximum atomic E-state index is 12.9. The summed E-state index contributed by atoms with van der Waals surface area (Å²) in [5, 5.41) is 9.11. The molecule has 1 aliphatic heterocycles. The van der Waals surface area contributed by atoms with E-state index in [0.717, 1.165) is 12.7 Å². The first kappa shape index (κ1) is 16.4. The maximum Gasteiger partial charge on any atom is 0.326 e. The second-order valence-electron chi connectivity index (χ2n) is 5.82. The number of amides is 1. The number of carbonyl (C=O) groups excluding carboxylic acids is 1. The topological polar surface area (TPSA) is 109 Å². The van der Waals surface area contributed by atoms with Crippen LogP contribution in [0.3, 0.4) is 0 Å². The molecular formula is C15H17N3O5S. The number of aromatic nitrogens is 2. The molecule has 1 amide bonds. The molecule has 1 fully saturated rings. The molecule has 2 aromatic heterocycles. The lowest BCUT2D eigenvalue weighted by Gasteiger charge is -2.32. The summed E-state index contributed by atoms with van der Waals surface area (Å²) in [5.41, 5.74) is 0.307. The zero-order chi connectivity index (χ0) is 17.5. The Morgan fingerprint density at radius 2 is 2.04 bits per heavy atom. The summed E-state index contributed by atoms with van der Waals surface area (Å²) in [7, 11) is -3.64. The van der Waals surface area contributed by atoms with Gasteiger partial charge in [-0.05, 0) is 31.4 Å². The lowest BCUT2D eigenvalue weighted by molar-refractivity contribution is -0.143. The summed E-state index contributed by atoms with van der Waals surface area (Å²) in [6.07, 6.45) is 4.36. The Morgan fingerprint density at radius 3 is 2.71 bits per heavy atom. The van der Waals surface area contributed by atoms with Crippen molar-refractivity contribution in [1.29, 1.82) is 0 Å². The van der Waals surface area contributed by atoms with Crippen LogP contribution in [0.25, 0.3) is 5.52 Å². The van der Waals surface area contributed by atoms with Crippen molar-refractivity contribution in [1.82, 2.24) is 14.3 Å². The Morgan fingerprint density at radius 1 is 1.29 bits per heavy atom. The number of likely N-dealkylation sites (tertiary alicyclic amines) is 1. The van der Waals surface area contributed by atoms with E-state index in [4.69, 9.17) is 0 Å². The minimum Gasteiger partial charge on any atom is -0.480 e. The van der Waals surface area contributed by atoms with Crippen LogP contribution >= 0.6 is 0 Å². The monoisotopic (exact) mass is 351 g/mol. The Bertz CT molecular complexity index is 918. The number of pyridine rings is 1. The highest BCUT2D eigenvalue weighted by atomic mass is 32.2. The second-order valence-corrected chi connectivity index (χ2v) is 7.73. The molecule has 3 rings (SSSR count). The smallest absolute Gasteiger partial charge is 0.326 e. The number of aliphatic carboxylic acids is 1. The molecule has 0 saturated carbocycles. The summed E-state index contributed by atoms with van der Waals surface area (Å²) in [6, 6.07) is 3.99. The molecule has 8 nitrogen and oxygen atoms in total. The first-order valence-corrected chi connectivity index (χ1v) is 9.41. The molecule has 0 aromatic carbocycles. The number of fused-ring (bicyclic) bond motifs is 1. The van der Waals surface area contributed by atoms with Gasteiger partial charge in [-0.15, -0.1) is 0 Å². The van der Waals surface area contributed by atoms with Crippen LogP contribution in [0.5, 0.6) is 0 Å². The van der Waals surface area contributed by atoms with Gasteiger partial charge in [0, 0.05) is 19.0 Å². The molecule has 0 radical (unpaired) electrons. The minimum atomic E-state index is -3.64. The minimum absolute atomic E-state index is 0.0378. The Balaban J connectivity index is 2.12. The van der Waals surface area contributed by atoms with Crippen LogP contribution in [-0.4, -0.2) is 58.5 Å². The molecule has 0 spiro atoms. The molecule has 1 atom stereocenters. The van der Waals surface area contributed by atoms with Crippen molar-refractivity contribution in [3.05, 3.63) is 30.1 Å². The van der Waals surface area contributed by atoms with Crippen molar-refractivity contribution >= 4 is 27.2 Å². The third-order valence-electron chi connectivity index (χ3n) is 4.10. The Hall–Kier alpha value is -2.42. The van der Waals surface area contributed by atoms with E-state index < -0.39 is 27.8 Å². The van der Waals surface area contributed by atoms with Crippen molar-refractivity contribution in [2.24, 2.45) is 0 Å². The lowest BCUT2D eigenvalue weighted by Crippen LogP contribution is -2.48. The van der Waals surface area contributed by atoms with E-state index in [1.165, 1.54) is 15.5 Å². The van der Waals surface area contributed by atoms with Gasteiger partial charge in [0.1, 0.15) is 6.04 Å². The van der Waals surface area contributed by atoms with Gasteiger partial charge >= 0.3 is 5.97 Å². The quantitative estimate of drug-likeness (QED) is 0.877. The first-order valence-electron chi connectivity index (χ1n) is 7.51. The molecule has 1 aliphatic rings. The predicted molar refractivity (Wildman–Crippen MR) is 84.6 cm³/mol. The highest BCUT2D eigenvalue weighted by molar-refractivity contribution is 7.90. The van der Waals surface area contributed by atoms with Gasteiger partial charge in [-0.1, -0.05) is 6.07 Å². The summed E-state index contributed by atoms with van der Waals surface area (Å²) in [4.78, 5) is 29.6. The number of hydrogen-bond acceptors (Lipinski definition) is 5. The first-order chi connectivity index (χ1) is 11.3. The number of nitrogens with zero attached hydrogens (tertiary/aromatic N) is 3. The van der Waals surface area contributed by atoms with Crippen molar-refractivity contribution in [3.8, 4) is 0 Å². The highest BCUT2D eigenvalue weighted by Crippen LogP contribution is 2.23. The largest absolute Gasteiger partial charge is 0.480 e. The molecule has 1 unspecified atom stereocenters. The van der Waals surface area contributed by atoms with Gasteiger partial charge in [-0.2, -0.15) is 0 Å². The van der Waals surface area contributed by atoms with Crippen LogP contribution in [0.4, 0.5) is 0 Å². The molecule has 24 heavy (non-hydrogen) atoms. The zero-order valence-electron chi connectivity index (χ0n) is 13.0. The highest BCUT2D eigenvalue weighted by Gasteiger charge is 2.35. The van der Waals surface area contributed by atoms with Gasteiger partial charge in [-0.3, -0.25) is 9.20 Å². The van der Waals surface area contributed by atoms with Crippen LogP contribution in [0.1, 0.15) is 29.8 Å². The van der Waals surface area contributed by atoms with Crippen molar-refractivity contribution in [2.75, 3.05) is 12.8 Å². The molecule has 1 N–H and O–H groups in total. The van der Waals surface area contributed by atoms with E-state index in [9.17, 15) is 23.1 Å². The molecule has 0 bridgehead atoms. The number of piperidine rings is 1. The summed E-state index contributed by atoms with van der Waals surface area (Å²) >= 11 is 0. The molecule has 128 valence electrons. The average molecular weight is 351 g/mol. The van der Waals surface area contributed by atoms with Crippen molar-refractivity contribution in [3.63, 3.8) is 0 Å². The van der Waals surface area contributed by atoms with E-state index in [-0.39, 0.29) is 10.9 Å². The van der Waals surface area contributed by atoms with Crippen LogP contribution in [0, 0.1) is 0 Å². The molecular weight excluding hydrogens is 334 g/mol. The molecule has 9 heteroatoms. The molecule has 3 heterocycles. The third kappa shape index (κ3) is 2.75. The summed E-state index contributed by atoms with van der Waals surface area (Å²) in [6.45, 7) is 0.315. The van der Waals surface area contributed by atoms with E-state index in [1.54, 1.807) is 18.2 Å². The summed E-state index contributed by atoms with van der Waals surface area (Å²) in [5.74, 6) is -1.62. The normalized spacial score (nSPS) is 18.7. The molecule has 2 aromatic rings. The van der Waals surface area contributed by atoms with Crippen LogP contribution in [-0.2, 0) is 14.6 Å². The van der Waals surface area contributed by atoms with E-state index >= 15 is 0 Å². The fourth-order valence-corrected chi connectivity index (χ4v) is 3.77. The number of rotatable bonds is 3. The predicted octanol–water partition coefficient (Wildman–Crippen LogP) is 0.817. The number of carbonyl (C=O) groups is 2. The number of sulfone groups is 1. The Kier molecular flexibility index (Phi) is 4.04. The van der Waals surface area contributed by atoms with E-state index in [0.29, 0.717) is 24.9 Å². The second kappa shape index (κ2) is 5.90. The number of carboxylic acid groups (broad SMARTS) is 1. The third-order valence-corrected chi connectivity index (χ3v) is 5.05. The Labute approximate surface area is 138 Å². The lowest BCUT2D eigenvalue weighted by atomic mass is 10.0. The van der Waals surface area contributed by atoms with Crippen LogP contribution < -0.4 is 0 Å². The van der Waals surface area contributed by atoms with E-state index in [1.807, 2.05) is 0 Å². The number of hydrogen-bond donors (Lipinski definition) is 1.